The number of benzene rings is 1. The van der Waals surface area contributed by atoms with Gasteiger partial charge in [0.15, 0.2) is 11.6 Å². The zero-order valence-corrected chi connectivity index (χ0v) is 20.2. The van der Waals surface area contributed by atoms with Crippen LogP contribution in [0.5, 0.6) is 0 Å². The van der Waals surface area contributed by atoms with E-state index in [1.807, 2.05) is 13.8 Å². The Morgan fingerprint density at radius 1 is 1.14 bits per heavy atom. The second kappa shape index (κ2) is 8.45. The SMILES string of the molecule is C[C@H]1CC2(C)C[C@]([C@H](C)n3cnnc3)(C1)N2C(=O)Nc1cc(-c2ncc(F)cn2)c(C(F)(F)F)cc1F. The third-order valence-electron chi connectivity index (χ3n) is 7.54. The third-order valence-corrected chi connectivity index (χ3v) is 7.54. The van der Waals surface area contributed by atoms with Crippen molar-refractivity contribution < 1.29 is 26.7 Å². The van der Waals surface area contributed by atoms with Crippen LogP contribution < -0.4 is 5.32 Å². The van der Waals surface area contributed by atoms with Crippen molar-refractivity contribution in [3.8, 4) is 11.4 Å². The molecule has 1 N–H and O–H groups in total. The van der Waals surface area contributed by atoms with Gasteiger partial charge < -0.3 is 14.8 Å². The normalized spacial score (nSPS) is 25.9. The Bertz CT molecular complexity index is 1330. The molecule has 3 aromatic rings. The first kappa shape index (κ1) is 25.0. The summed E-state index contributed by atoms with van der Waals surface area (Å²) in [6.45, 7) is 6.00. The smallest absolute Gasteiger partial charge is 0.315 e. The van der Waals surface area contributed by atoms with E-state index in [0.29, 0.717) is 31.2 Å². The van der Waals surface area contributed by atoms with E-state index in [1.165, 1.54) is 0 Å². The Morgan fingerprint density at radius 3 is 2.41 bits per heavy atom. The molecule has 0 spiro atoms. The lowest BCUT2D eigenvalue weighted by atomic mass is 9.55. The van der Waals surface area contributed by atoms with Crippen molar-refractivity contribution in [1.82, 2.24) is 29.6 Å². The number of carbonyl (C=O) groups excluding carboxylic acids is 1. The zero-order valence-electron chi connectivity index (χ0n) is 20.2. The van der Waals surface area contributed by atoms with Crippen LogP contribution in [0.3, 0.4) is 0 Å². The van der Waals surface area contributed by atoms with E-state index in [4.69, 9.17) is 0 Å². The minimum atomic E-state index is -4.94. The van der Waals surface area contributed by atoms with Crippen LogP contribution in [0.4, 0.5) is 32.4 Å². The van der Waals surface area contributed by atoms with Crippen LogP contribution >= 0.6 is 0 Å². The molecule has 1 unspecified atom stereocenters. The second-order valence-corrected chi connectivity index (χ2v) is 10.2. The van der Waals surface area contributed by atoms with Crippen molar-refractivity contribution >= 4 is 11.7 Å². The molecule has 8 nitrogen and oxygen atoms in total. The number of hydrogen-bond donors (Lipinski definition) is 1. The number of amides is 2. The van der Waals surface area contributed by atoms with Crippen LogP contribution in [0.25, 0.3) is 11.4 Å². The fourth-order valence-corrected chi connectivity index (χ4v) is 6.37. The Morgan fingerprint density at radius 2 is 1.78 bits per heavy atom. The fraction of sp³-hybridized carbons (Fsp3) is 0.458. The van der Waals surface area contributed by atoms with E-state index in [9.17, 15) is 26.7 Å². The van der Waals surface area contributed by atoms with Crippen molar-refractivity contribution in [2.75, 3.05) is 5.32 Å². The average molecular weight is 521 g/mol. The standard InChI is InChI=1S/C24H24F5N7O/c1-13-6-22(3)10-23(7-13,14(2)35-11-32-33-12-35)36(22)21(37)34-19-4-16(20-30-8-15(25)9-31-20)17(5-18(19)26)24(27,28)29/h4-5,8-9,11-14H,6-7,10H2,1-3H3,(H,34,37)/t13-,14-,22?,23-/m0/s1. The predicted octanol–water partition coefficient (Wildman–Crippen LogP) is 5.46. The van der Waals surface area contributed by atoms with Crippen molar-refractivity contribution in [3.05, 3.63) is 54.4 Å². The number of piperidine rings is 1. The molecule has 6 rings (SSSR count). The molecule has 1 aromatic carbocycles. The summed E-state index contributed by atoms with van der Waals surface area (Å²) in [5.74, 6) is -2.25. The molecule has 3 aliphatic rings. The molecule has 1 aliphatic carbocycles. The van der Waals surface area contributed by atoms with E-state index in [-0.39, 0.29) is 12.1 Å². The summed E-state index contributed by atoms with van der Waals surface area (Å²) in [5, 5.41) is 10.2. The van der Waals surface area contributed by atoms with E-state index >= 15 is 0 Å². The number of nitrogens with one attached hydrogen (secondary N) is 1. The van der Waals surface area contributed by atoms with Crippen molar-refractivity contribution in [2.45, 2.75) is 63.3 Å². The Labute approximate surface area is 208 Å². The van der Waals surface area contributed by atoms with Gasteiger partial charge in [0.2, 0.25) is 0 Å². The third kappa shape index (κ3) is 4.09. The lowest BCUT2D eigenvalue weighted by Gasteiger charge is -2.71. The molecule has 2 bridgehead atoms. The van der Waals surface area contributed by atoms with Crippen LogP contribution in [-0.2, 0) is 6.18 Å². The quantitative estimate of drug-likeness (QED) is 0.461. The average Bonchev–Trinajstić information content (AvgIpc) is 3.33. The summed E-state index contributed by atoms with van der Waals surface area (Å²) < 4.78 is 71.1. The second-order valence-electron chi connectivity index (χ2n) is 10.2. The first-order valence-electron chi connectivity index (χ1n) is 11.7. The molecule has 2 saturated heterocycles. The van der Waals surface area contributed by atoms with Gasteiger partial charge in [-0.3, -0.25) is 0 Å². The molecule has 2 aromatic heterocycles. The molecule has 1 saturated carbocycles. The zero-order chi connectivity index (χ0) is 26.8. The molecule has 4 heterocycles. The van der Waals surface area contributed by atoms with Gasteiger partial charge in [0.05, 0.1) is 35.2 Å². The summed E-state index contributed by atoms with van der Waals surface area (Å²) >= 11 is 0. The Balaban J connectivity index is 1.52. The minimum Gasteiger partial charge on any atom is -0.315 e. The van der Waals surface area contributed by atoms with Crippen LogP contribution in [0, 0.1) is 17.6 Å². The van der Waals surface area contributed by atoms with Crippen LogP contribution in [-0.4, -0.2) is 46.7 Å². The molecule has 2 aliphatic heterocycles. The van der Waals surface area contributed by atoms with Crippen LogP contribution in [0.2, 0.25) is 0 Å². The highest BCUT2D eigenvalue weighted by molar-refractivity contribution is 5.92. The molecule has 4 atom stereocenters. The number of rotatable bonds is 4. The summed E-state index contributed by atoms with van der Waals surface area (Å²) in [4.78, 5) is 22.5. The molecule has 13 heteroatoms. The Hall–Kier alpha value is -3.64. The van der Waals surface area contributed by atoms with Crippen LogP contribution in [0.15, 0.2) is 37.2 Å². The van der Waals surface area contributed by atoms with Gasteiger partial charge in [0.1, 0.15) is 18.5 Å². The van der Waals surface area contributed by atoms with Gasteiger partial charge in [-0.25, -0.2) is 23.5 Å². The van der Waals surface area contributed by atoms with E-state index in [1.54, 1.807) is 22.1 Å². The lowest BCUT2D eigenvalue weighted by molar-refractivity contribution is -0.171. The van der Waals surface area contributed by atoms with E-state index in [2.05, 4.69) is 32.4 Å². The van der Waals surface area contributed by atoms with E-state index in [0.717, 1.165) is 12.5 Å². The number of nitrogens with zero attached hydrogens (tertiary/aromatic N) is 6. The lowest BCUT2D eigenvalue weighted by Crippen LogP contribution is -2.80. The number of alkyl halides is 3. The first-order chi connectivity index (χ1) is 17.3. The summed E-state index contributed by atoms with van der Waals surface area (Å²) in [6, 6.07) is 0.281. The Kier molecular flexibility index (Phi) is 5.72. The number of fused-ring (bicyclic) bond motifs is 2. The number of halogens is 5. The van der Waals surface area contributed by atoms with Gasteiger partial charge >= 0.3 is 12.2 Å². The number of urea groups is 1. The number of hydrogen-bond acceptors (Lipinski definition) is 5. The maximum atomic E-state index is 15.0. The van der Waals surface area contributed by atoms with Crippen molar-refractivity contribution in [1.29, 1.82) is 0 Å². The number of carbonyl (C=O) groups is 1. The van der Waals surface area contributed by atoms with Gasteiger partial charge in [-0.05, 0) is 51.2 Å². The minimum absolute atomic E-state index is 0.204. The van der Waals surface area contributed by atoms with Crippen molar-refractivity contribution in [3.63, 3.8) is 0 Å². The summed E-state index contributed by atoms with van der Waals surface area (Å²) in [6.07, 6.45) is 1.71. The number of aromatic nitrogens is 5. The highest BCUT2D eigenvalue weighted by atomic mass is 19.4. The summed E-state index contributed by atoms with van der Waals surface area (Å²) in [5.41, 5.74) is -3.52. The van der Waals surface area contributed by atoms with Gasteiger partial charge in [-0.15, -0.1) is 10.2 Å². The molecule has 3 fully saturated rings. The van der Waals surface area contributed by atoms with Crippen LogP contribution in [0.1, 0.15) is 51.6 Å². The van der Waals surface area contributed by atoms with Crippen molar-refractivity contribution in [2.24, 2.45) is 5.92 Å². The highest BCUT2D eigenvalue weighted by Gasteiger charge is 2.67. The van der Waals surface area contributed by atoms with Gasteiger partial charge in [0.25, 0.3) is 0 Å². The maximum absolute atomic E-state index is 15.0. The molecular weight excluding hydrogens is 497 g/mol. The highest BCUT2D eigenvalue weighted by Crippen LogP contribution is 2.60. The molecule has 0 radical (unpaired) electrons. The first-order valence-corrected chi connectivity index (χ1v) is 11.7. The van der Waals surface area contributed by atoms with Gasteiger partial charge in [-0.2, -0.15) is 13.2 Å². The topological polar surface area (TPSA) is 88.8 Å². The molecule has 37 heavy (non-hydrogen) atoms. The monoisotopic (exact) mass is 521 g/mol. The number of anilines is 1. The van der Waals surface area contributed by atoms with Gasteiger partial charge in [-0.1, -0.05) is 6.92 Å². The molecule has 2 amide bonds. The van der Waals surface area contributed by atoms with E-state index < -0.39 is 57.6 Å². The molecule has 196 valence electrons. The predicted molar refractivity (Wildman–Crippen MR) is 122 cm³/mol. The summed E-state index contributed by atoms with van der Waals surface area (Å²) in [7, 11) is 0. The van der Waals surface area contributed by atoms with Gasteiger partial charge in [0, 0.05) is 11.1 Å². The fourth-order valence-electron chi connectivity index (χ4n) is 6.37. The molecular formula is C24H24F5N7O. The largest absolute Gasteiger partial charge is 0.417 e. The maximum Gasteiger partial charge on any atom is 0.417 e.